The second-order valence-electron chi connectivity index (χ2n) is 4.27. The van der Waals surface area contributed by atoms with Gasteiger partial charge in [-0.15, -0.1) is 0 Å². The molecule has 0 fully saturated rings. The van der Waals surface area contributed by atoms with Crippen LogP contribution in [0, 0.1) is 6.92 Å². The summed E-state index contributed by atoms with van der Waals surface area (Å²) >= 11 is 0. The number of aryl methyl sites for hydroxylation is 2. The lowest BCUT2D eigenvalue weighted by atomic mass is 10.1. The number of aliphatic hydroxyl groups is 1. The van der Waals surface area contributed by atoms with Crippen molar-refractivity contribution in [2.75, 3.05) is 0 Å². The number of hydrogen-bond donors (Lipinski definition) is 2. The zero-order chi connectivity index (χ0) is 11.3. The maximum atomic E-state index is 11.7. The Balaban J connectivity index is 2.40. The highest BCUT2D eigenvalue weighted by atomic mass is 16.3. The zero-order valence-corrected chi connectivity index (χ0v) is 8.95. The average Bonchev–Trinajstić information content (AvgIpc) is 2.57. The number of aliphatic hydroxyl groups excluding tert-OH is 1. The standard InChI is InChI=1S/C12H12N2O2/c1-6-13-10-4-7-2-3-11(15)8(7)5-9(10)12(16)14-6/h4-5,11,15H,2-3H2,1H3,(H,13,14,16). The van der Waals surface area contributed by atoms with Crippen LogP contribution in [0.1, 0.15) is 29.5 Å². The molecule has 0 saturated carbocycles. The second kappa shape index (κ2) is 3.15. The van der Waals surface area contributed by atoms with Crippen LogP contribution in [0.4, 0.5) is 0 Å². The van der Waals surface area contributed by atoms with E-state index in [1.165, 1.54) is 0 Å². The minimum Gasteiger partial charge on any atom is -0.388 e. The SMILES string of the molecule is Cc1nc2cc3c(cc2c(=O)[nH]1)C(O)CC3. The molecule has 2 N–H and O–H groups in total. The Morgan fingerprint density at radius 1 is 1.50 bits per heavy atom. The van der Waals surface area contributed by atoms with Gasteiger partial charge in [0.25, 0.3) is 5.56 Å². The number of hydrogen-bond acceptors (Lipinski definition) is 3. The molecule has 1 aromatic carbocycles. The van der Waals surface area contributed by atoms with Gasteiger partial charge in [0.1, 0.15) is 5.82 Å². The Bertz CT molecular complexity index is 631. The lowest BCUT2D eigenvalue weighted by Gasteiger charge is -2.05. The van der Waals surface area contributed by atoms with Crippen LogP contribution in [-0.2, 0) is 6.42 Å². The summed E-state index contributed by atoms with van der Waals surface area (Å²) in [5.41, 5.74) is 2.57. The van der Waals surface area contributed by atoms with Gasteiger partial charge in [0.15, 0.2) is 0 Å². The number of rotatable bonds is 0. The summed E-state index contributed by atoms with van der Waals surface area (Å²) in [5.74, 6) is 0.621. The molecule has 1 aromatic heterocycles. The Labute approximate surface area is 92.0 Å². The predicted molar refractivity (Wildman–Crippen MR) is 60.4 cm³/mol. The van der Waals surface area contributed by atoms with Crippen LogP contribution in [0.25, 0.3) is 10.9 Å². The first-order valence-corrected chi connectivity index (χ1v) is 5.36. The van der Waals surface area contributed by atoms with Gasteiger partial charge in [-0.25, -0.2) is 4.98 Å². The van der Waals surface area contributed by atoms with Gasteiger partial charge < -0.3 is 10.1 Å². The summed E-state index contributed by atoms with van der Waals surface area (Å²) in [7, 11) is 0. The van der Waals surface area contributed by atoms with Crippen molar-refractivity contribution >= 4 is 10.9 Å². The molecular formula is C12H12N2O2. The van der Waals surface area contributed by atoms with Crippen LogP contribution in [-0.4, -0.2) is 15.1 Å². The molecule has 1 aliphatic carbocycles. The molecule has 4 heteroatoms. The van der Waals surface area contributed by atoms with Crippen molar-refractivity contribution in [2.24, 2.45) is 0 Å². The number of nitrogens with one attached hydrogen (secondary N) is 1. The first-order chi connectivity index (χ1) is 7.65. The van der Waals surface area contributed by atoms with E-state index in [4.69, 9.17) is 0 Å². The zero-order valence-electron chi connectivity index (χ0n) is 8.95. The van der Waals surface area contributed by atoms with Gasteiger partial charge in [0, 0.05) is 0 Å². The first-order valence-electron chi connectivity index (χ1n) is 5.36. The van der Waals surface area contributed by atoms with Gasteiger partial charge in [-0.3, -0.25) is 4.79 Å². The molecule has 0 aliphatic heterocycles. The molecule has 82 valence electrons. The third kappa shape index (κ3) is 1.27. The number of nitrogens with zero attached hydrogens (tertiary/aromatic N) is 1. The normalized spacial score (nSPS) is 19.0. The molecule has 1 unspecified atom stereocenters. The third-order valence-corrected chi connectivity index (χ3v) is 3.13. The summed E-state index contributed by atoms with van der Waals surface area (Å²) in [6.45, 7) is 1.77. The topological polar surface area (TPSA) is 66.0 Å². The molecule has 1 heterocycles. The van der Waals surface area contributed by atoms with E-state index in [0.717, 1.165) is 24.0 Å². The largest absolute Gasteiger partial charge is 0.388 e. The van der Waals surface area contributed by atoms with Gasteiger partial charge in [0.2, 0.25) is 0 Å². The number of aromatic nitrogens is 2. The molecular weight excluding hydrogens is 204 g/mol. The maximum Gasteiger partial charge on any atom is 0.258 e. The van der Waals surface area contributed by atoms with Crippen LogP contribution in [0.2, 0.25) is 0 Å². The second-order valence-corrected chi connectivity index (χ2v) is 4.27. The quantitative estimate of drug-likeness (QED) is 0.695. The van der Waals surface area contributed by atoms with E-state index in [9.17, 15) is 9.90 Å². The fraction of sp³-hybridized carbons (Fsp3) is 0.333. The summed E-state index contributed by atoms with van der Waals surface area (Å²) in [6.07, 6.45) is 1.17. The minimum absolute atomic E-state index is 0.135. The van der Waals surface area contributed by atoms with E-state index in [2.05, 4.69) is 9.97 Å². The van der Waals surface area contributed by atoms with Crippen molar-refractivity contribution < 1.29 is 5.11 Å². The van der Waals surface area contributed by atoms with Gasteiger partial charge >= 0.3 is 0 Å². The van der Waals surface area contributed by atoms with Gasteiger partial charge in [-0.1, -0.05) is 0 Å². The summed E-state index contributed by atoms with van der Waals surface area (Å²) in [5, 5.41) is 10.3. The van der Waals surface area contributed by atoms with E-state index >= 15 is 0 Å². The van der Waals surface area contributed by atoms with Crippen molar-refractivity contribution in [3.05, 3.63) is 39.4 Å². The summed E-state index contributed by atoms with van der Waals surface area (Å²) in [6, 6.07) is 3.69. The Kier molecular flexibility index (Phi) is 1.88. The smallest absolute Gasteiger partial charge is 0.258 e. The molecule has 0 spiro atoms. The van der Waals surface area contributed by atoms with E-state index < -0.39 is 6.10 Å². The number of H-pyrrole nitrogens is 1. The van der Waals surface area contributed by atoms with Crippen molar-refractivity contribution in [2.45, 2.75) is 25.9 Å². The number of fused-ring (bicyclic) bond motifs is 2. The number of benzene rings is 1. The number of aromatic amines is 1. The highest BCUT2D eigenvalue weighted by Gasteiger charge is 2.21. The van der Waals surface area contributed by atoms with E-state index in [1.54, 1.807) is 13.0 Å². The monoisotopic (exact) mass is 216 g/mol. The van der Waals surface area contributed by atoms with Crippen LogP contribution in [0.3, 0.4) is 0 Å². The van der Waals surface area contributed by atoms with Crippen molar-refractivity contribution in [3.8, 4) is 0 Å². The van der Waals surface area contributed by atoms with E-state index in [-0.39, 0.29) is 5.56 Å². The fourth-order valence-electron chi connectivity index (χ4n) is 2.34. The molecule has 0 saturated heterocycles. The lowest BCUT2D eigenvalue weighted by molar-refractivity contribution is 0.180. The van der Waals surface area contributed by atoms with Crippen molar-refractivity contribution in [3.63, 3.8) is 0 Å². The fourth-order valence-corrected chi connectivity index (χ4v) is 2.34. The summed E-state index contributed by atoms with van der Waals surface area (Å²) in [4.78, 5) is 18.7. The molecule has 0 amide bonds. The third-order valence-electron chi connectivity index (χ3n) is 3.13. The minimum atomic E-state index is -0.430. The Hall–Kier alpha value is -1.68. The van der Waals surface area contributed by atoms with Gasteiger partial charge in [-0.05, 0) is 43.0 Å². The van der Waals surface area contributed by atoms with Crippen molar-refractivity contribution in [1.82, 2.24) is 9.97 Å². The maximum absolute atomic E-state index is 11.7. The molecule has 0 radical (unpaired) electrons. The first kappa shape index (κ1) is 9.54. The Morgan fingerprint density at radius 3 is 3.12 bits per heavy atom. The van der Waals surface area contributed by atoms with E-state index in [1.807, 2.05) is 6.07 Å². The molecule has 3 rings (SSSR count). The van der Waals surface area contributed by atoms with Crippen LogP contribution < -0.4 is 5.56 Å². The summed E-state index contributed by atoms with van der Waals surface area (Å²) < 4.78 is 0. The van der Waals surface area contributed by atoms with Gasteiger partial charge in [-0.2, -0.15) is 0 Å². The molecule has 0 bridgehead atoms. The predicted octanol–water partition coefficient (Wildman–Crippen LogP) is 1.21. The molecule has 16 heavy (non-hydrogen) atoms. The van der Waals surface area contributed by atoms with E-state index in [0.29, 0.717) is 16.7 Å². The van der Waals surface area contributed by atoms with Crippen molar-refractivity contribution in [1.29, 1.82) is 0 Å². The van der Waals surface area contributed by atoms with Crippen LogP contribution >= 0.6 is 0 Å². The highest BCUT2D eigenvalue weighted by Crippen LogP contribution is 2.32. The average molecular weight is 216 g/mol. The highest BCUT2D eigenvalue weighted by molar-refractivity contribution is 5.80. The van der Waals surface area contributed by atoms with Gasteiger partial charge in [0.05, 0.1) is 17.0 Å². The molecule has 1 aliphatic rings. The Morgan fingerprint density at radius 2 is 2.31 bits per heavy atom. The van der Waals surface area contributed by atoms with Crippen LogP contribution in [0.15, 0.2) is 16.9 Å². The van der Waals surface area contributed by atoms with Crippen LogP contribution in [0.5, 0.6) is 0 Å². The lowest BCUT2D eigenvalue weighted by Crippen LogP contribution is -2.10. The molecule has 4 nitrogen and oxygen atoms in total. The molecule has 2 aromatic rings. The molecule has 1 atom stereocenters.